The monoisotopic (exact) mass is 679 g/mol. The molecule has 4 aromatic rings. The molecule has 1 aliphatic carbocycles. The number of aryl methyl sites for hydroxylation is 1. The minimum absolute atomic E-state index is 0.103. The molecule has 2 aliphatic rings. The standard InChI is InChI=1S/C41H45NO8/c1-6-7-13-30-15-17-32-36(28-14-19-34-35(22-28)49-24-48-34)37(40(44)50-25(2)3)41(45,38(32)42-30)33-18-16-31(46-5)21-29(33)20-26(4)39(43)47-23-27-11-9-8-10-12-27/h8-12,14-19,21-22,25-26,36-37,45H,6-7,13,20,23-24H2,1-5H3/t26-,36-,37-,41+/m0/s1. The Morgan fingerprint density at radius 2 is 1.76 bits per heavy atom. The lowest BCUT2D eigenvalue weighted by Crippen LogP contribution is -2.42. The van der Waals surface area contributed by atoms with Crippen molar-refractivity contribution in [2.75, 3.05) is 13.9 Å². The normalized spacial score (nSPS) is 19.6. The van der Waals surface area contributed by atoms with Crippen LogP contribution in [-0.4, -0.2) is 42.0 Å². The summed E-state index contributed by atoms with van der Waals surface area (Å²) in [4.78, 5) is 32.8. The molecule has 4 atom stereocenters. The van der Waals surface area contributed by atoms with Crippen LogP contribution in [0.5, 0.6) is 17.2 Å². The molecule has 2 heterocycles. The molecule has 1 aromatic heterocycles. The van der Waals surface area contributed by atoms with Crippen LogP contribution in [0.2, 0.25) is 0 Å². The lowest BCUT2D eigenvalue weighted by Gasteiger charge is -2.34. The second kappa shape index (κ2) is 14.9. The zero-order chi connectivity index (χ0) is 35.4. The van der Waals surface area contributed by atoms with Gasteiger partial charge in [-0.15, -0.1) is 0 Å². The summed E-state index contributed by atoms with van der Waals surface area (Å²) in [6, 6.07) is 24.4. The molecule has 9 nitrogen and oxygen atoms in total. The third-order valence-electron chi connectivity index (χ3n) is 9.49. The lowest BCUT2D eigenvalue weighted by molar-refractivity contribution is -0.161. The first-order valence-electron chi connectivity index (χ1n) is 17.3. The summed E-state index contributed by atoms with van der Waals surface area (Å²) in [6.45, 7) is 7.75. The molecule has 50 heavy (non-hydrogen) atoms. The topological polar surface area (TPSA) is 113 Å². The Morgan fingerprint density at radius 3 is 2.50 bits per heavy atom. The number of carbonyl (C=O) groups excluding carboxylic acids is 2. The van der Waals surface area contributed by atoms with Gasteiger partial charge < -0.3 is 28.8 Å². The average Bonchev–Trinajstić information content (AvgIpc) is 3.69. The lowest BCUT2D eigenvalue weighted by atomic mass is 9.74. The van der Waals surface area contributed by atoms with Crippen molar-refractivity contribution in [2.24, 2.45) is 11.8 Å². The minimum atomic E-state index is -1.93. The van der Waals surface area contributed by atoms with E-state index in [4.69, 9.17) is 28.7 Å². The van der Waals surface area contributed by atoms with Crippen molar-refractivity contribution in [3.05, 3.63) is 118 Å². The van der Waals surface area contributed by atoms with Gasteiger partial charge in [-0.25, -0.2) is 0 Å². The fourth-order valence-corrected chi connectivity index (χ4v) is 7.04. The molecule has 0 spiro atoms. The molecule has 6 rings (SSSR count). The van der Waals surface area contributed by atoms with Crippen molar-refractivity contribution in [3.63, 3.8) is 0 Å². The highest BCUT2D eigenvalue weighted by molar-refractivity contribution is 5.81. The molecular weight excluding hydrogens is 634 g/mol. The largest absolute Gasteiger partial charge is 0.497 e. The Bertz CT molecular complexity index is 1840. The average molecular weight is 680 g/mol. The molecule has 3 aromatic carbocycles. The highest BCUT2D eigenvalue weighted by Gasteiger charge is 2.59. The van der Waals surface area contributed by atoms with E-state index in [9.17, 15) is 14.7 Å². The second-order valence-electron chi connectivity index (χ2n) is 13.4. The van der Waals surface area contributed by atoms with Crippen LogP contribution in [0.1, 0.15) is 85.7 Å². The van der Waals surface area contributed by atoms with Gasteiger partial charge in [-0.05, 0) is 91.3 Å². The van der Waals surface area contributed by atoms with Crippen LogP contribution < -0.4 is 14.2 Å². The van der Waals surface area contributed by atoms with Gasteiger partial charge in [-0.3, -0.25) is 14.6 Å². The van der Waals surface area contributed by atoms with Crippen LogP contribution in [0.15, 0.2) is 78.9 Å². The van der Waals surface area contributed by atoms with Crippen LogP contribution in [0.4, 0.5) is 0 Å². The van der Waals surface area contributed by atoms with E-state index in [1.165, 1.54) is 0 Å². The highest BCUT2D eigenvalue weighted by Crippen LogP contribution is 2.56. The van der Waals surface area contributed by atoms with Gasteiger partial charge in [0.2, 0.25) is 6.79 Å². The number of hydrogen-bond donors (Lipinski definition) is 1. The molecule has 0 unspecified atom stereocenters. The van der Waals surface area contributed by atoms with Gasteiger partial charge in [0.05, 0.1) is 24.8 Å². The molecule has 0 amide bonds. The first-order valence-corrected chi connectivity index (χ1v) is 17.3. The number of aliphatic hydroxyl groups is 1. The summed E-state index contributed by atoms with van der Waals surface area (Å²) in [5.74, 6) is -1.55. The third-order valence-corrected chi connectivity index (χ3v) is 9.49. The third kappa shape index (κ3) is 6.92. The first-order chi connectivity index (χ1) is 24.1. The number of fused-ring (bicyclic) bond motifs is 2. The van der Waals surface area contributed by atoms with Crippen molar-refractivity contribution in [1.82, 2.24) is 4.98 Å². The summed E-state index contributed by atoms with van der Waals surface area (Å²) in [5.41, 5.74) is 2.73. The molecular formula is C41H45NO8. The van der Waals surface area contributed by atoms with Gasteiger partial charge in [-0.1, -0.05) is 68.8 Å². The van der Waals surface area contributed by atoms with Gasteiger partial charge >= 0.3 is 11.9 Å². The van der Waals surface area contributed by atoms with Crippen LogP contribution in [-0.2, 0) is 44.1 Å². The van der Waals surface area contributed by atoms with Crippen LogP contribution in [0.3, 0.4) is 0 Å². The predicted molar refractivity (Wildman–Crippen MR) is 187 cm³/mol. The van der Waals surface area contributed by atoms with Gasteiger partial charge in [0.1, 0.15) is 23.9 Å². The summed E-state index contributed by atoms with van der Waals surface area (Å²) in [5, 5.41) is 13.4. The molecule has 0 bridgehead atoms. The molecule has 1 aliphatic heterocycles. The number of esters is 2. The van der Waals surface area contributed by atoms with E-state index in [2.05, 4.69) is 6.92 Å². The van der Waals surface area contributed by atoms with Gasteiger partial charge in [0, 0.05) is 11.6 Å². The van der Waals surface area contributed by atoms with Crippen LogP contribution >= 0.6 is 0 Å². The number of aromatic nitrogens is 1. The number of rotatable bonds is 13. The maximum absolute atomic E-state index is 14.4. The zero-order valence-corrected chi connectivity index (χ0v) is 29.3. The number of ether oxygens (including phenoxy) is 5. The minimum Gasteiger partial charge on any atom is -0.497 e. The molecule has 0 saturated heterocycles. The number of methoxy groups -OCH3 is 1. The quantitative estimate of drug-likeness (QED) is 0.149. The van der Waals surface area contributed by atoms with Gasteiger partial charge in [0.15, 0.2) is 11.5 Å². The Labute approximate surface area is 293 Å². The van der Waals surface area contributed by atoms with Gasteiger partial charge in [0.25, 0.3) is 0 Å². The Morgan fingerprint density at radius 1 is 0.980 bits per heavy atom. The van der Waals surface area contributed by atoms with E-state index in [0.717, 1.165) is 41.6 Å². The second-order valence-corrected chi connectivity index (χ2v) is 13.4. The SMILES string of the molecule is CCCCc1ccc2c(n1)[C@@](O)(c1ccc(OC)cc1C[C@H](C)C(=O)OCc1ccccc1)[C@H](C(=O)OC(C)C)[C@H]2c1ccc2c(c1)OCO2. The smallest absolute Gasteiger partial charge is 0.313 e. The Hall–Kier alpha value is -4.89. The molecule has 1 N–H and O–H groups in total. The van der Waals surface area contributed by atoms with E-state index < -0.39 is 35.4 Å². The number of carbonyl (C=O) groups is 2. The summed E-state index contributed by atoms with van der Waals surface area (Å²) < 4.78 is 28.5. The number of nitrogens with zero attached hydrogens (tertiary/aromatic N) is 1. The van der Waals surface area contributed by atoms with Crippen molar-refractivity contribution in [2.45, 2.75) is 77.6 Å². The van der Waals surface area contributed by atoms with Crippen molar-refractivity contribution >= 4 is 11.9 Å². The number of unbranched alkanes of at least 4 members (excludes halogenated alkanes) is 1. The fourth-order valence-electron chi connectivity index (χ4n) is 7.04. The summed E-state index contributed by atoms with van der Waals surface area (Å²) in [6.07, 6.45) is 2.40. The number of benzene rings is 3. The van der Waals surface area contributed by atoms with Gasteiger partial charge in [-0.2, -0.15) is 0 Å². The van der Waals surface area contributed by atoms with Crippen LogP contribution in [0, 0.1) is 11.8 Å². The van der Waals surface area contributed by atoms with Crippen molar-refractivity contribution in [3.8, 4) is 17.2 Å². The van der Waals surface area contributed by atoms with E-state index in [-0.39, 0.29) is 25.8 Å². The Balaban J connectivity index is 1.48. The highest BCUT2D eigenvalue weighted by atomic mass is 16.7. The zero-order valence-electron chi connectivity index (χ0n) is 29.3. The van der Waals surface area contributed by atoms with E-state index in [0.29, 0.717) is 34.1 Å². The fraction of sp³-hybridized carbons (Fsp3) is 0.390. The predicted octanol–water partition coefficient (Wildman–Crippen LogP) is 7.03. The molecule has 262 valence electrons. The van der Waals surface area contributed by atoms with E-state index in [1.54, 1.807) is 40.0 Å². The summed E-state index contributed by atoms with van der Waals surface area (Å²) >= 11 is 0. The molecule has 9 heteroatoms. The summed E-state index contributed by atoms with van der Waals surface area (Å²) in [7, 11) is 1.57. The van der Waals surface area contributed by atoms with E-state index in [1.807, 2.05) is 66.7 Å². The molecule has 0 saturated carbocycles. The Kier molecular flexibility index (Phi) is 10.4. The van der Waals surface area contributed by atoms with Crippen LogP contribution in [0.25, 0.3) is 0 Å². The maximum Gasteiger partial charge on any atom is 0.313 e. The van der Waals surface area contributed by atoms with Crippen molar-refractivity contribution in [1.29, 1.82) is 0 Å². The van der Waals surface area contributed by atoms with E-state index >= 15 is 0 Å². The molecule has 0 fully saturated rings. The molecule has 0 radical (unpaired) electrons. The number of pyridine rings is 1. The first kappa shape index (κ1) is 35.0. The number of hydrogen-bond acceptors (Lipinski definition) is 9. The van der Waals surface area contributed by atoms with Crippen molar-refractivity contribution < 1.29 is 38.4 Å². The maximum atomic E-state index is 14.4.